The number of rotatable bonds is 5. The zero-order valence-corrected chi connectivity index (χ0v) is 38.6. The van der Waals surface area contributed by atoms with Gasteiger partial charge in [-0.1, -0.05) is 107 Å². The average molecular weight is 965 g/mol. The van der Waals surface area contributed by atoms with E-state index in [9.17, 15) is 4.39 Å². The van der Waals surface area contributed by atoms with Gasteiger partial charge in [-0.25, -0.2) is 9.37 Å². The monoisotopic (exact) mass is 964 g/mol. The van der Waals surface area contributed by atoms with E-state index in [4.69, 9.17) is 9.72 Å². The fourth-order valence-electron chi connectivity index (χ4n) is 7.78. The minimum Gasteiger partial charge on any atom is -0.509 e. The molecule has 0 spiro atoms. The van der Waals surface area contributed by atoms with Crippen LogP contribution in [0, 0.1) is 24.6 Å². The Morgan fingerprint density at radius 2 is 1.27 bits per heavy atom. The van der Waals surface area contributed by atoms with E-state index in [1.54, 1.807) is 6.07 Å². The Kier molecular flexibility index (Phi) is 10.7. The Morgan fingerprint density at radius 3 is 1.93 bits per heavy atom. The second kappa shape index (κ2) is 15.0. The Bertz CT molecular complexity index is 2670. The van der Waals surface area contributed by atoms with Gasteiger partial charge in [-0.05, 0) is 97.8 Å². The number of benzene rings is 5. The molecular formula is C52H54FN4OPt-3. The summed E-state index contributed by atoms with van der Waals surface area (Å²) in [4.78, 5) is 9.35. The third-order valence-corrected chi connectivity index (χ3v) is 11.2. The van der Waals surface area contributed by atoms with Crippen LogP contribution in [0.3, 0.4) is 0 Å². The van der Waals surface area contributed by atoms with Crippen LogP contribution in [0.1, 0.15) is 105 Å². The van der Waals surface area contributed by atoms with E-state index in [1.165, 1.54) is 22.8 Å². The van der Waals surface area contributed by atoms with E-state index in [-0.39, 0.29) is 48.5 Å². The summed E-state index contributed by atoms with van der Waals surface area (Å²) in [6, 6.07) is 39.6. The molecule has 5 nitrogen and oxygen atoms in total. The summed E-state index contributed by atoms with van der Waals surface area (Å²) in [5.74, 6) is 1.53. The van der Waals surface area contributed by atoms with Crippen molar-refractivity contribution in [2.75, 3.05) is 9.80 Å². The fraction of sp³-hybridized carbons (Fsp3) is 0.308. The van der Waals surface area contributed by atoms with Crippen LogP contribution in [0.25, 0.3) is 27.6 Å². The second-order valence-electron chi connectivity index (χ2n) is 19.8. The number of halogens is 1. The summed E-state index contributed by atoms with van der Waals surface area (Å²) >= 11 is 0. The van der Waals surface area contributed by atoms with Crippen molar-refractivity contribution in [3.05, 3.63) is 150 Å². The van der Waals surface area contributed by atoms with E-state index < -0.39 is 0 Å². The van der Waals surface area contributed by atoms with Crippen LogP contribution >= 0.6 is 0 Å². The number of anilines is 4. The van der Waals surface area contributed by atoms with E-state index in [0.29, 0.717) is 11.5 Å². The molecule has 0 fully saturated rings. The van der Waals surface area contributed by atoms with Crippen molar-refractivity contribution < 1.29 is 30.2 Å². The maximum absolute atomic E-state index is 14.7. The summed E-state index contributed by atoms with van der Waals surface area (Å²) in [6.45, 7) is 29.3. The summed E-state index contributed by atoms with van der Waals surface area (Å²) in [6.07, 6.45) is 1.84. The minimum atomic E-state index is -0.292. The number of fused-ring (bicyclic) bond motifs is 4. The van der Waals surface area contributed by atoms with Crippen molar-refractivity contribution in [2.45, 2.75) is 105 Å². The SMILES string of the molecule is CC(C)(C)c1cc(N2[CH-]N(c3[c-]c(Oc4[c-]c5c(cc4)c4cc(F)ccc4n5-c4cc(C(C)(C)C)ccn4)ccc3)c3cccc(C(C)(C)C)c32)cc(C(C)(C)C)c1.[Pt]. The average Bonchev–Trinajstić information content (AvgIpc) is 3.69. The molecule has 3 heterocycles. The first-order valence-corrected chi connectivity index (χ1v) is 20.2. The van der Waals surface area contributed by atoms with Crippen LogP contribution in [-0.2, 0) is 42.7 Å². The molecule has 0 amide bonds. The van der Waals surface area contributed by atoms with Crippen LogP contribution in [-0.4, -0.2) is 9.55 Å². The van der Waals surface area contributed by atoms with Crippen LogP contribution in [0.2, 0.25) is 0 Å². The summed E-state index contributed by atoms with van der Waals surface area (Å²) < 4.78 is 23.3. The van der Waals surface area contributed by atoms with E-state index >= 15 is 0 Å². The van der Waals surface area contributed by atoms with Gasteiger partial charge < -0.3 is 19.1 Å². The number of aromatic nitrogens is 2. The standard InChI is InChI=1S/C52H54FN4O.Pt/c1-49(2,3)33-23-24-54-47(28-33)57-44-22-19-36(53)29-42(44)41-21-20-40(31-46(41)57)58-39-16-13-15-37(30-39)55-32-56(48-43(52(10,11)12)17-14-18-45(48)55)38-26-34(50(4,5)6)25-35(27-38)51(7,8)9;/h13-29,32H,1-12H3;/q-3;. The first-order valence-electron chi connectivity index (χ1n) is 20.2. The smallest absolute Gasteiger partial charge is 0.135 e. The van der Waals surface area contributed by atoms with Gasteiger partial charge in [0.2, 0.25) is 0 Å². The van der Waals surface area contributed by atoms with Gasteiger partial charge in [0.25, 0.3) is 0 Å². The Hall–Kier alpha value is -4.93. The number of hydrogen-bond acceptors (Lipinski definition) is 4. The Labute approximate surface area is 364 Å². The summed E-state index contributed by atoms with van der Waals surface area (Å²) in [5.41, 5.74) is 10.6. The fourth-order valence-corrected chi connectivity index (χ4v) is 7.78. The van der Waals surface area contributed by atoms with Gasteiger partial charge in [0.15, 0.2) is 0 Å². The van der Waals surface area contributed by atoms with Crippen molar-refractivity contribution in [2.24, 2.45) is 0 Å². The van der Waals surface area contributed by atoms with Crippen LogP contribution < -0.4 is 14.5 Å². The molecule has 0 aliphatic carbocycles. The zero-order valence-electron chi connectivity index (χ0n) is 36.3. The molecule has 7 heteroatoms. The second-order valence-corrected chi connectivity index (χ2v) is 19.8. The van der Waals surface area contributed by atoms with Crippen molar-refractivity contribution in [3.63, 3.8) is 0 Å². The van der Waals surface area contributed by atoms with Crippen LogP contribution in [0.15, 0.2) is 103 Å². The molecule has 0 unspecified atom stereocenters. The predicted molar refractivity (Wildman–Crippen MR) is 239 cm³/mol. The summed E-state index contributed by atoms with van der Waals surface area (Å²) in [7, 11) is 0. The third kappa shape index (κ3) is 8.06. The molecule has 308 valence electrons. The molecule has 0 N–H and O–H groups in total. The number of hydrogen-bond donors (Lipinski definition) is 0. The first-order chi connectivity index (χ1) is 27.2. The number of nitrogens with zero attached hydrogens (tertiary/aromatic N) is 4. The molecule has 1 aliphatic heterocycles. The van der Waals surface area contributed by atoms with E-state index in [2.05, 4.69) is 160 Å². The first kappa shape index (κ1) is 42.2. The molecule has 5 aromatic carbocycles. The normalized spacial score (nSPS) is 13.6. The van der Waals surface area contributed by atoms with E-state index in [0.717, 1.165) is 55.9 Å². The number of pyridine rings is 1. The topological polar surface area (TPSA) is 33.5 Å². The van der Waals surface area contributed by atoms with E-state index in [1.807, 2.05) is 47.2 Å². The van der Waals surface area contributed by atoms with Gasteiger partial charge in [0, 0.05) is 61.3 Å². The number of ether oxygens (including phenoxy) is 1. The quantitative estimate of drug-likeness (QED) is 0.161. The molecule has 0 radical (unpaired) electrons. The molecule has 2 aromatic heterocycles. The Morgan fingerprint density at radius 1 is 0.610 bits per heavy atom. The van der Waals surface area contributed by atoms with Gasteiger partial charge >= 0.3 is 0 Å². The maximum atomic E-state index is 14.7. The van der Waals surface area contributed by atoms with Crippen molar-refractivity contribution in [1.82, 2.24) is 9.55 Å². The predicted octanol–water partition coefficient (Wildman–Crippen LogP) is 14.3. The van der Waals surface area contributed by atoms with Crippen molar-refractivity contribution >= 4 is 44.6 Å². The van der Waals surface area contributed by atoms with Gasteiger partial charge in [0.1, 0.15) is 11.6 Å². The molecule has 0 atom stereocenters. The molecule has 1 aliphatic rings. The summed E-state index contributed by atoms with van der Waals surface area (Å²) in [5, 5.41) is 1.66. The van der Waals surface area contributed by atoms with Crippen LogP contribution in [0.5, 0.6) is 11.5 Å². The minimum absolute atomic E-state index is 0. The molecule has 59 heavy (non-hydrogen) atoms. The third-order valence-electron chi connectivity index (χ3n) is 11.2. The van der Waals surface area contributed by atoms with Gasteiger partial charge in [-0.15, -0.1) is 48.1 Å². The molecule has 0 saturated carbocycles. The Balaban J connectivity index is 0.00000528. The van der Waals surface area contributed by atoms with Gasteiger partial charge in [-0.3, -0.25) is 0 Å². The van der Waals surface area contributed by atoms with Gasteiger partial charge in [0.05, 0.1) is 0 Å². The van der Waals surface area contributed by atoms with Crippen LogP contribution in [0.4, 0.5) is 27.1 Å². The molecule has 0 bridgehead atoms. The zero-order chi connectivity index (χ0) is 41.5. The number of para-hydroxylation sites is 1. The molecule has 8 rings (SSSR count). The molecule has 7 aromatic rings. The maximum Gasteiger partial charge on any atom is 0.135 e. The van der Waals surface area contributed by atoms with Gasteiger partial charge in [-0.2, -0.15) is 12.1 Å². The largest absolute Gasteiger partial charge is 0.509 e. The molecule has 0 saturated heterocycles. The molecular weight excluding hydrogens is 911 g/mol. The van der Waals surface area contributed by atoms with Crippen molar-refractivity contribution in [3.8, 4) is 17.3 Å². The van der Waals surface area contributed by atoms with Crippen molar-refractivity contribution in [1.29, 1.82) is 0 Å².